The van der Waals surface area contributed by atoms with E-state index >= 15 is 0 Å². The number of nitrogens with one attached hydrogen (secondary N) is 1. The van der Waals surface area contributed by atoms with E-state index in [-0.39, 0.29) is 6.04 Å². The smallest absolute Gasteiger partial charge is 0.184 e. The van der Waals surface area contributed by atoms with Crippen LogP contribution in [0.25, 0.3) is 10.2 Å². The lowest BCUT2D eigenvalue weighted by Crippen LogP contribution is -2.06. The summed E-state index contributed by atoms with van der Waals surface area (Å²) in [6, 6.07) is 13.7. The monoisotopic (exact) mass is 322 g/mol. The Hall–Kier alpha value is -1.29. The van der Waals surface area contributed by atoms with Crippen LogP contribution >= 0.6 is 34.5 Å². The summed E-state index contributed by atoms with van der Waals surface area (Å²) in [5.74, 6) is 0. The molecule has 3 rings (SSSR count). The Morgan fingerprint density at radius 1 is 1.15 bits per heavy atom. The molecule has 2 aromatic carbocycles. The van der Waals surface area contributed by atoms with Crippen molar-refractivity contribution < 1.29 is 0 Å². The SMILES string of the molecule is CC(Nc1nc2ccccc2s1)c1ccc(Cl)cc1Cl. The van der Waals surface area contributed by atoms with E-state index in [1.54, 1.807) is 17.4 Å². The van der Waals surface area contributed by atoms with E-state index in [4.69, 9.17) is 23.2 Å². The lowest BCUT2D eigenvalue weighted by molar-refractivity contribution is 0.883. The second-order valence-corrected chi connectivity index (χ2v) is 6.39. The number of hydrogen-bond donors (Lipinski definition) is 1. The van der Waals surface area contributed by atoms with Crippen LogP contribution in [0, 0.1) is 0 Å². The van der Waals surface area contributed by atoms with Crippen LogP contribution in [0.5, 0.6) is 0 Å². The van der Waals surface area contributed by atoms with Crippen molar-refractivity contribution >= 4 is 49.9 Å². The van der Waals surface area contributed by atoms with Crippen molar-refractivity contribution in [1.29, 1.82) is 0 Å². The Balaban J connectivity index is 1.86. The number of rotatable bonds is 3. The number of hydrogen-bond acceptors (Lipinski definition) is 3. The fourth-order valence-corrected chi connectivity index (χ4v) is 3.57. The molecular formula is C15H12Cl2N2S. The third-order valence-corrected chi connectivity index (χ3v) is 4.59. The van der Waals surface area contributed by atoms with Crippen molar-refractivity contribution in [2.75, 3.05) is 5.32 Å². The zero-order chi connectivity index (χ0) is 14.1. The van der Waals surface area contributed by atoms with Crippen LogP contribution in [0.1, 0.15) is 18.5 Å². The van der Waals surface area contributed by atoms with Crippen molar-refractivity contribution in [3.05, 3.63) is 58.1 Å². The molecule has 5 heteroatoms. The highest BCUT2D eigenvalue weighted by Crippen LogP contribution is 2.31. The maximum absolute atomic E-state index is 6.23. The predicted octanol–water partition coefficient (Wildman–Crippen LogP) is 5.78. The van der Waals surface area contributed by atoms with Crippen LogP contribution < -0.4 is 5.32 Å². The van der Waals surface area contributed by atoms with Crippen LogP contribution in [-0.2, 0) is 0 Å². The zero-order valence-electron chi connectivity index (χ0n) is 10.7. The number of nitrogens with zero attached hydrogens (tertiary/aromatic N) is 1. The summed E-state index contributed by atoms with van der Waals surface area (Å²) in [6.45, 7) is 2.06. The molecule has 0 aliphatic rings. The van der Waals surface area contributed by atoms with E-state index in [0.29, 0.717) is 10.0 Å². The normalized spacial score (nSPS) is 12.6. The molecule has 0 aliphatic carbocycles. The quantitative estimate of drug-likeness (QED) is 0.661. The minimum atomic E-state index is 0.0697. The van der Waals surface area contributed by atoms with Gasteiger partial charge in [0.25, 0.3) is 0 Å². The molecule has 1 atom stereocenters. The molecule has 1 N–H and O–H groups in total. The van der Waals surface area contributed by atoms with Gasteiger partial charge in [0.1, 0.15) is 0 Å². The van der Waals surface area contributed by atoms with Gasteiger partial charge < -0.3 is 5.32 Å². The molecule has 0 amide bonds. The van der Waals surface area contributed by atoms with Gasteiger partial charge in [0.2, 0.25) is 0 Å². The minimum absolute atomic E-state index is 0.0697. The number of benzene rings is 2. The maximum Gasteiger partial charge on any atom is 0.184 e. The summed E-state index contributed by atoms with van der Waals surface area (Å²) in [5.41, 5.74) is 2.02. The maximum atomic E-state index is 6.23. The molecule has 1 heterocycles. The van der Waals surface area contributed by atoms with Gasteiger partial charge in [0, 0.05) is 10.0 Å². The van der Waals surface area contributed by atoms with Crippen LogP contribution in [0.3, 0.4) is 0 Å². The predicted molar refractivity (Wildman–Crippen MR) is 88.1 cm³/mol. The topological polar surface area (TPSA) is 24.9 Å². The first kappa shape index (κ1) is 13.7. The lowest BCUT2D eigenvalue weighted by atomic mass is 10.1. The average Bonchev–Trinajstić information content (AvgIpc) is 2.80. The van der Waals surface area contributed by atoms with Crippen molar-refractivity contribution in [3.63, 3.8) is 0 Å². The standard InChI is InChI=1S/C15H12Cl2N2S/c1-9(11-7-6-10(16)8-12(11)17)18-15-19-13-4-2-3-5-14(13)20-15/h2-9H,1H3,(H,18,19). The molecular weight excluding hydrogens is 311 g/mol. The third-order valence-electron chi connectivity index (χ3n) is 3.06. The van der Waals surface area contributed by atoms with E-state index in [1.165, 1.54) is 4.70 Å². The molecule has 0 radical (unpaired) electrons. The Bertz CT molecular complexity index is 721. The van der Waals surface area contributed by atoms with Gasteiger partial charge in [0.15, 0.2) is 5.13 Å². The van der Waals surface area contributed by atoms with Gasteiger partial charge in [-0.1, -0.05) is 52.7 Å². The summed E-state index contributed by atoms with van der Waals surface area (Å²) in [5, 5.41) is 5.59. The number of aromatic nitrogens is 1. The van der Waals surface area contributed by atoms with Gasteiger partial charge in [-0.05, 0) is 36.8 Å². The van der Waals surface area contributed by atoms with E-state index in [9.17, 15) is 0 Å². The second-order valence-electron chi connectivity index (χ2n) is 4.52. The first-order valence-corrected chi connectivity index (χ1v) is 7.78. The average molecular weight is 323 g/mol. The second kappa shape index (κ2) is 5.60. The highest BCUT2D eigenvalue weighted by atomic mass is 35.5. The van der Waals surface area contributed by atoms with Crippen molar-refractivity contribution in [2.45, 2.75) is 13.0 Å². The van der Waals surface area contributed by atoms with Gasteiger partial charge >= 0.3 is 0 Å². The summed E-state index contributed by atoms with van der Waals surface area (Å²) >= 11 is 13.8. The first-order chi connectivity index (χ1) is 9.63. The van der Waals surface area contributed by atoms with Crippen LogP contribution in [0.15, 0.2) is 42.5 Å². The molecule has 2 nitrogen and oxygen atoms in total. The largest absolute Gasteiger partial charge is 0.355 e. The Kier molecular flexibility index (Phi) is 3.83. The Morgan fingerprint density at radius 3 is 2.70 bits per heavy atom. The molecule has 0 aliphatic heterocycles. The summed E-state index contributed by atoms with van der Waals surface area (Å²) in [7, 11) is 0. The third kappa shape index (κ3) is 2.75. The molecule has 0 saturated carbocycles. The number of fused-ring (bicyclic) bond motifs is 1. The highest BCUT2D eigenvalue weighted by Gasteiger charge is 2.12. The van der Waals surface area contributed by atoms with Crippen LogP contribution in [-0.4, -0.2) is 4.98 Å². The number of para-hydroxylation sites is 1. The molecule has 20 heavy (non-hydrogen) atoms. The Labute approximate surface area is 131 Å². The number of halogens is 2. The highest BCUT2D eigenvalue weighted by molar-refractivity contribution is 7.22. The molecule has 0 saturated heterocycles. The van der Waals surface area contributed by atoms with Crippen molar-refractivity contribution in [1.82, 2.24) is 4.98 Å². The van der Waals surface area contributed by atoms with Gasteiger partial charge in [0.05, 0.1) is 16.3 Å². The summed E-state index contributed by atoms with van der Waals surface area (Å²) in [6.07, 6.45) is 0. The number of anilines is 1. The molecule has 0 spiro atoms. The minimum Gasteiger partial charge on any atom is -0.355 e. The Morgan fingerprint density at radius 2 is 1.95 bits per heavy atom. The van der Waals surface area contributed by atoms with E-state index < -0.39 is 0 Å². The molecule has 0 bridgehead atoms. The van der Waals surface area contributed by atoms with Gasteiger partial charge in [-0.25, -0.2) is 4.98 Å². The molecule has 102 valence electrons. The number of thiazole rings is 1. The van der Waals surface area contributed by atoms with E-state index in [0.717, 1.165) is 16.2 Å². The first-order valence-electron chi connectivity index (χ1n) is 6.20. The summed E-state index contributed by atoms with van der Waals surface area (Å²) in [4.78, 5) is 4.56. The van der Waals surface area contributed by atoms with Gasteiger partial charge in [-0.15, -0.1) is 0 Å². The van der Waals surface area contributed by atoms with Crippen molar-refractivity contribution in [2.24, 2.45) is 0 Å². The fraction of sp³-hybridized carbons (Fsp3) is 0.133. The summed E-state index contributed by atoms with van der Waals surface area (Å²) < 4.78 is 1.17. The van der Waals surface area contributed by atoms with E-state index in [2.05, 4.69) is 23.3 Å². The van der Waals surface area contributed by atoms with Gasteiger partial charge in [-0.2, -0.15) is 0 Å². The molecule has 1 unspecified atom stereocenters. The molecule has 1 aromatic heterocycles. The van der Waals surface area contributed by atoms with Crippen LogP contribution in [0.2, 0.25) is 10.0 Å². The molecule has 0 fully saturated rings. The lowest BCUT2D eigenvalue weighted by Gasteiger charge is -2.14. The molecule has 3 aromatic rings. The van der Waals surface area contributed by atoms with Gasteiger partial charge in [-0.3, -0.25) is 0 Å². The van der Waals surface area contributed by atoms with Crippen LogP contribution in [0.4, 0.5) is 5.13 Å². The fourth-order valence-electron chi connectivity index (χ4n) is 2.05. The zero-order valence-corrected chi connectivity index (χ0v) is 13.1. The van der Waals surface area contributed by atoms with Crippen molar-refractivity contribution in [3.8, 4) is 0 Å². The van der Waals surface area contributed by atoms with E-state index in [1.807, 2.05) is 30.3 Å².